The highest BCUT2D eigenvalue weighted by molar-refractivity contribution is 6.21. The number of fused-ring (bicyclic) bond motifs is 2. The van der Waals surface area contributed by atoms with Gasteiger partial charge in [-0.05, 0) is 25.0 Å². The molecule has 3 heterocycles. The molecule has 146 valence electrons. The SMILES string of the molecule is O=C(c1n[nH]c2ccccc12)N1CCC(N2C(=O)N=C3C=CC=CC3C2=O)CC1. The fourth-order valence-electron chi connectivity index (χ4n) is 4.20. The Labute approximate surface area is 166 Å². The number of benzene rings is 1. The molecule has 2 aromatic rings. The third-order valence-corrected chi connectivity index (χ3v) is 5.72. The highest BCUT2D eigenvalue weighted by Gasteiger charge is 2.41. The number of aliphatic imine (C=N–C) groups is 1. The number of likely N-dealkylation sites (tertiary alicyclic amines) is 1. The van der Waals surface area contributed by atoms with Crippen LogP contribution in [-0.2, 0) is 4.79 Å². The lowest BCUT2D eigenvalue weighted by Crippen LogP contribution is -2.54. The number of hydrogen-bond donors (Lipinski definition) is 1. The van der Waals surface area contributed by atoms with E-state index in [1.807, 2.05) is 24.3 Å². The normalized spacial score (nSPS) is 22.2. The van der Waals surface area contributed by atoms with Crippen molar-refractivity contribution in [2.75, 3.05) is 13.1 Å². The Morgan fingerprint density at radius 1 is 1.10 bits per heavy atom. The quantitative estimate of drug-likeness (QED) is 0.852. The first-order valence-corrected chi connectivity index (χ1v) is 9.66. The van der Waals surface area contributed by atoms with Gasteiger partial charge in [-0.1, -0.05) is 36.4 Å². The van der Waals surface area contributed by atoms with E-state index in [1.165, 1.54) is 4.90 Å². The van der Waals surface area contributed by atoms with Crippen molar-refractivity contribution < 1.29 is 14.4 Å². The van der Waals surface area contributed by atoms with Crippen molar-refractivity contribution in [3.63, 3.8) is 0 Å². The maximum Gasteiger partial charge on any atom is 0.350 e. The highest BCUT2D eigenvalue weighted by Crippen LogP contribution is 2.27. The van der Waals surface area contributed by atoms with Gasteiger partial charge in [-0.3, -0.25) is 19.6 Å². The average molecular weight is 389 g/mol. The van der Waals surface area contributed by atoms with Crippen molar-refractivity contribution in [2.45, 2.75) is 18.9 Å². The molecule has 4 amide bonds. The second kappa shape index (κ2) is 6.80. The Morgan fingerprint density at radius 3 is 2.72 bits per heavy atom. The van der Waals surface area contributed by atoms with Crippen LogP contribution in [0.3, 0.4) is 0 Å². The molecule has 29 heavy (non-hydrogen) atoms. The first-order valence-electron chi connectivity index (χ1n) is 9.66. The number of para-hydroxylation sites is 1. The second-order valence-electron chi connectivity index (χ2n) is 7.39. The minimum Gasteiger partial charge on any atom is -0.337 e. The lowest BCUT2D eigenvalue weighted by molar-refractivity contribution is -0.131. The molecule has 0 saturated carbocycles. The van der Waals surface area contributed by atoms with E-state index in [-0.39, 0.29) is 17.9 Å². The summed E-state index contributed by atoms with van der Waals surface area (Å²) in [4.78, 5) is 45.4. The van der Waals surface area contributed by atoms with Crippen molar-refractivity contribution in [3.05, 3.63) is 54.3 Å². The third kappa shape index (κ3) is 2.88. The topological polar surface area (TPSA) is 98.7 Å². The molecule has 1 aliphatic carbocycles. The maximum absolute atomic E-state index is 12.9. The van der Waals surface area contributed by atoms with Crippen LogP contribution in [0.1, 0.15) is 23.3 Å². The number of H-pyrrole nitrogens is 1. The molecule has 0 spiro atoms. The number of piperidine rings is 1. The van der Waals surface area contributed by atoms with Gasteiger partial charge in [-0.25, -0.2) is 4.79 Å². The molecule has 1 atom stereocenters. The van der Waals surface area contributed by atoms with Crippen LogP contribution in [0.15, 0.2) is 53.6 Å². The van der Waals surface area contributed by atoms with Gasteiger partial charge in [0.25, 0.3) is 5.91 Å². The highest BCUT2D eigenvalue weighted by atomic mass is 16.2. The van der Waals surface area contributed by atoms with E-state index in [0.717, 1.165) is 10.9 Å². The van der Waals surface area contributed by atoms with Crippen molar-refractivity contribution in [1.82, 2.24) is 20.0 Å². The number of imide groups is 1. The van der Waals surface area contributed by atoms with E-state index < -0.39 is 11.9 Å². The minimum absolute atomic E-state index is 0.141. The number of hydrogen-bond acceptors (Lipinski definition) is 4. The summed E-state index contributed by atoms with van der Waals surface area (Å²) in [6, 6.07) is 6.74. The Hall–Kier alpha value is -3.55. The van der Waals surface area contributed by atoms with Gasteiger partial charge in [-0.2, -0.15) is 10.1 Å². The number of urea groups is 1. The number of allylic oxidation sites excluding steroid dienone is 3. The fraction of sp³-hybridized carbons (Fsp3) is 0.286. The lowest BCUT2D eigenvalue weighted by atomic mass is 9.93. The zero-order valence-corrected chi connectivity index (χ0v) is 15.6. The first kappa shape index (κ1) is 17.5. The van der Waals surface area contributed by atoms with E-state index in [0.29, 0.717) is 37.3 Å². The van der Waals surface area contributed by atoms with Crippen molar-refractivity contribution in [1.29, 1.82) is 0 Å². The van der Waals surface area contributed by atoms with Crippen LogP contribution in [0.4, 0.5) is 4.79 Å². The molecular weight excluding hydrogens is 370 g/mol. The molecular formula is C21H19N5O3. The van der Waals surface area contributed by atoms with Crippen LogP contribution in [0.5, 0.6) is 0 Å². The Bertz CT molecular complexity index is 1100. The smallest absolute Gasteiger partial charge is 0.337 e. The Morgan fingerprint density at radius 2 is 1.90 bits per heavy atom. The average Bonchev–Trinajstić information content (AvgIpc) is 3.18. The van der Waals surface area contributed by atoms with Gasteiger partial charge in [0.15, 0.2) is 5.69 Å². The van der Waals surface area contributed by atoms with Crippen LogP contribution in [-0.4, -0.2) is 62.7 Å². The predicted molar refractivity (Wildman–Crippen MR) is 106 cm³/mol. The zero-order chi connectivity index (χ0) is 20.0. The Kier molecular flexibility index (Phi) is 4.12. The van der Waals surface area contributed by atoms with Gasteiger partial charge in [0, 0.05) is 24.5 Å². The van der Waals surface area contributed by atoms with Gasteiger partial charge < -0.3 is 4.90 Å². The van der Waals surface area contributed by atoms with Crippen LogP contribution < -0.4 is 0 Å². The standard InChI is InChI=1S/C21H19N5O3/c27-19-15-6-2-3-7-16(15)22-21(29)26(19)13-9-11-25(12-10-13)20(28)18-14-5-1-4-8-17(14)23-24-18/h1-8,13,15H,9-12H2,(H,23,24). The molecule has 1 fully saturated rings. The second-order valence-corrected chi connectivity index (χ2v) is 7.39. The summed E-state index contributed by atoms with van der Waals surface area (Å²) in [5, 5.41) is 7.86. The third-order valence-electron chi connectivity index (χ3n) is 5.72. The number of carbonyl (C=O) groups is 3. The maximum atomic E-state index is 12.9. The predicted octanol–water partition coefficient (Wildman–Crippen LogP) is 2.31. The molecule has 2 aliphatic heterocycles. The molecule has 0 bridgehead atoms. The van der Waals surface area contributed by atoms with E-state index in [9.17, 15) is 14.4 Å². The van der Waals surface area contributed by atoms with Crippen molar-refractivity contribution in [3.8, 4) is 0 Å². The van der Waals surface area contributed by atoms with Gasteiger partial charge in [0.1, 0.15) is 0 Å². The van der Waals surface area contributed by atoms with Crippen molar-refractivity contribution >= 4 is 34.5 Å². The van der Waals surface area contributed by atoms with Crippen LogP contribution in [0, 0.1) is 5.92 Å². The summed E-state index contributed by atoms with van der Waals surface area (Å²) >= 11 is 0. The first-order chi connectivity index (χ1) is 14.1. The number of aromatic nitrogens is 2. The lowest BCUT2D eigenvalue weighted by Gasteiger charge is -2.39. The molecule has 8 heteroatoms. The van der Waals surface area contributed by atoms with Crippen molar-refractivity contribution in [2.24, 2.45) is 10.9 Å². The summed E-state index contributed by atoms with van der Waals surface area (Å²) < 4.78 is 0. The number of aromatic amines is 1. The van der Waals surface area contributed by atoms with Gasteiger partial charge >= 0.3 is 6.03 Å². The molecule has 1 saturated heterocycles. The molecule has 5 rings (SSSR count). The van der Waals surface area contributed by atoms with Gasteiger partial charge in [0.05, 0.1) is 17.1 Å². The summed E-state index contributed by atoms with van der Waals surface area (Å²) in [6.45, 7) is 0.914. The number of carbonyl (C=O) groups excluding carboxylic acids is 3. The van der Waals surface area contributed by atoms with Crippen LogP contribution in [0.25, 0.3) is 10.9 Å². The number of nitrogens with zero attached hydrogens (tertiary/aromatic N) is 4. The zero-order valence-electron chi connectivity index (χ0n) is 15.6. The molecule has 0 radical (unpaired) electrons. The summed E-state index contributed by atoms with van der Waals surface area (Å²) in [5.74, 6) is -0.866. The van der Waals surface area contributed by atoms with Gasteiger partial charge in [-0.15, -0.1) is 0 Å². The number of nitrogens with one attached hydrogen (secondary N) is 1. The summed E-state index contributed by atoms with van der Waals surface area (Å²) in [5.41, 5.74) is 1.72. The number of rotatable bonds is 2. The van der Waals surface area contributed by atoms with E-state index in [4.69, 9.17) is 0 Å². The molecule has 3 aliphatic rings. The largest absolute Gasteiger partial charge is 0.350 e. The van der Waals surface area contributed by atoms with E-state index in [2.05, 4.69) is 15.2 Å². The molecule has 1 aromatic carbocycles. The Balaban J connectivity index is 1.30. The fourth-order valence-corrected chi connectivity index (χ4v) is 4.20. The minimum atomic E-state index is -0.510. The molecule has 8 nitrogen and oxygen atoms in total. The summed E-state index contributed by atoms with van der Waals surface area (Å²) in [7, 11) is 0. The van der Waals surface area contributed by atoms with Crippen LogP contribution in [0.2, 0.25) is 0 Å². The van der Waals surface area contributed by atoms with Gasteiger partial charge in [0.2, 0.25) is 5.91 Å². The summed E-state index contributed by atoms with van der Waals surface area (Å²) in [6.07, 6.45) is 8.10. The number of amides is 4. The molecule has 1 unspecified atom stereocenters. The van der Waals surface area contributed by atoms with E-state index >= 15 is 0 Å². The molecule has 1 N–H and O–H groups in total. The van der Waals surface area contributed by atoms with Crippen LogP contribution >= 0.6 is 0 Å². The molecule has 1 aromatic heterocycles. The monoisotopic (exact) mass is 389 g/mol. The van der Waals surface area contributed by atoms with E-state index in [1.54, 1.807) is 29.2 Å².